The zero-order valence-corrected chi connectivity index (χ0v) is 15.4. The van der Waals surface area contributed by atoms with Crippen molar-refractivity contribution in [2.24, 2.45) is 5.10 Å². The first kappa shape index (κ1) is 19.6. The number of hydrogen-bond acceptors (Lipinski definition) is 7. The van der Waals surface area contributed by atoms with Crippen molar-refractivity contribution in [3.63, 3.8) is 0 Å². The number of nitro benzene ring substituents is 1. The zero-order chi connectivity index (χ0) is 20.6. The normalized spacial score (nSPS) is 10.7. The summed E-state index contributed by atoms with van der Waals surface area (Å²) in [7, 11) is 1.51. The van der Waals surface area contributed by atoms with E-state index < -0.39 is 10.8 Å². The van der Waals surface area contributed by atoms with Gasteiger partial charge in [-0.3, -0.25) is 14.9 Å². The van der Waals surface area contributed by atoms with Crippen molar-refractivity contribution in [3.05, 3.63) is 87.9 Å². The number of nitro groups is 1. The SMILES string of the molecule is COc1cc(C=NNC(=O)c2ccco2)ccc1OCc1ccc([N+](=O)[O-])cc1. The third kappa shape index (κ3) is 5.19. The molecule has 0 aliphatic rings. The molecule has 0 aliphatic carbocycles. The van der Waals surface area contributed by atoms with Gasteiger partial charge in [0.05, 0.1) is 24.5 Å². The highest BCUT2D eigenvalue weighted by atomic mass is 16.6. The fourth-order valence-corrected chi connectivity index (χ4v) is 2.39. The summed E-state index contributed by atoms with van der Waals surface area (Å²) in [5.41, 5.74) is 3.85. The number of non-ortho nitro benzene ring substituents is 1. The van der Waals surface area contributed by atoms with Gasteiger partial charge < -0.3 is 13.9 Å². The number of benzene rings is 2. The van der Waals surface area contributed by atoms with Gasteiger partial charge in [-0.1, -0.05) is 0 Å². The van der Waals surface area contributed by atoms with Crippen LogP contribution in [0.25, 0.3) is 0 Å². The number of methoxy groups -OCH3 is 1. The predicted molar refractivity (Wildman–Crippen MR) is 104 cm³/mol. The standard InChI is InChI=1S/C20H17N3O6/c1-27-19-11-15(12-21-22-20(24)18-3-2-10-28-18)6-9-17(19)29-13-14-4-7-16(8-5-14)23(25)26/h2-12H,13H2,1H3,(H,22,24). The van der Waals surface area contributed by atoms with E-state index in [1.54, 1.807) is 36.4 Å². The van der Waals surface area contributed by atoms with Crippen LogP contribution in [-0.4, -0.2) is 24.2 Å². The highest BCUT2D eigenvalue weighted by Crippen LogP contribution is 2.28. The summed E-state index contributed by atoms with van der Waals surface area (Å²) in [4.78, 5) is 22.0. The monoisotopic (exact) mass is 395 g/mol. The van der Waals surface area contributed by atoms with Gasteiger partial charge in [-0.25, -0.2) is 5.43 Å². The summed E-state index contributed by atoms with van der Waals surface area (Å²) in [5, 5.41) is 14.6. The summed E-state index contributed by atoms with van der Waals surface area (Å²) < 4.78 is 16.0. The first-order valence-corrected chi connectivity index (χ1v) is 8.48. The molecule has 9 heteroatoms. The van der Waals surface area contributed by atoms with Gasteiger partial charge in [0.1, 0.15) is 6.61 Å². The molecule has 1 N–H and O–H groups in total. The number of furan rings is 1. The Kier molecular flexibility index (Phi) is 6.21. The highest BCUT2D eigenvalue weighted by molar-refractivity contribution is 5.92. The lowest BCUT2D eigenvalue weighted by Gasteiger charge is -2.11. The number of carbonyl (C=O) groups excluding carboxylic acids is 1. The van der Waals surface area contributed by atoms with Crippen molar-refractivity contribution in [3.8, 4) is 11.5 Å². The summed E-state index contributed by atoms with van der Waals surface area (Å²) in [5.74, 6) is 0.687. The van der Waals surface area contributed by atoms with E-state index in [-0.39, 0.29) is 18.1 Å². The van der Waals surface area contributed by atoms with Gasteiger partial charge in [0.2, 0.25) is 0 Å². The molecule has 1 amide bonds. The number of hydrogen-bond donors (Lipinski definition) is 1. The van der Waals surface area contributed by atoms with Crippen LogP contribution >= 0.6 is 0 Å². The summed E-state index contributed by atoms with van der Waals surface area (Å²) >= 11 is 0. The maximum atomic E-state index is 11.8. The fourth-order valence-electron chi connectivity index (χ4n) is 2.39. The quantitative estimate of drug-likeness (QED) is 0.354. The van der Waals surface area contributed by atoms with Crippen LogP contribution in [0.15, 0.2) is 70.4 Å². The molecule has 0 atom stereocenters. The van der Waals surface area contributed by atoms with Crippen molar-refractivity contribution in [1.82, 2.24) is 5.43 Å². The average Bonchev–Trinajstić information content (AvgIpc) is 3.28. The Labute approximate surface area is 165 Å². The summed E-state index contributed by atoms with van der Waals surface area (Å²) in [6.45, 7) is 0.223. The molecule has 0 unspecified atom stereocenters. The molecule has 2 aromatic carbocycles. The number of nitrogens with zero attached hydrogens (tertiary/aromatic N) is 2. The van der Waals surface area contributed by atoms with E-state index in [4.69, 9.17) is 13.9 Å². The molecule has 0 radical (unpaired) electrons. The van der Waals surface area contributed by atoms with Gasteiger partial charge in [0.15, 0.2) is 17.3 Å². The molecule has 3 aromatic rings. The lowest BCUT2D eigenvalue weighted by molar-refractivity contribution is -0.384. The molecule has 0 spiro atoms. The molecule has 29 heavy (non-hydrogen) atoms. The molecule has 1 aromatic heterocycles. The van der Waals surface area contributed by atoms with Gasteiger partial charge in [-0.2, -0.15) is 5.10 Å². The lowest BCUT2D eigenvalue weighted by atomic mass is 10.2. The second-order valence-corrected chi connectivity index (χ2v) is 5.80. The molecule has 0 fully saturated rings. The van der Waals surface area contributed by atoms with E-state index in [0.717, 1.165) is 5.56 Å². The van der Waals surface area contributed by atoms with E-state index in [0.29, 0.717) is 17.1 Å². The molecule has 3 rings (SSSR count). The Hall–Kier alpha value is -4.14. The van der Waals surface area contributed by atoms with Crippen LogP contribution in [0.3, 0.4) is 0 Å². The van der Waals surface area contributed by atoms with Crippen molar-refractivity contribution in [1.29, 1.82) is 0 Å². The minimum atomic E-state index is -0.457. The largest absolute Gasteiger partial charge is 0.493 e. The van der Waals surface area contributed by atoms with Crippen LogP contribution in [0.4, 0.5) is 5.69 Å². The van der Waals surface area contributed by atoms with Gasteiger partial charge in [-0.15, -0.1) is 0 Å². The summed E-state index contributed by atoms with van der Waals surface area (Å²) in [6.07, 6.45) is 2.86. The molecule has 0 aliphatic heterocycles. The van der Waals surface area contributed by atoms with Gasteiger partial charge in [-0.05, 0) is 53.6 Å². The average molecular weight is 395 g/mol. The smallest absolute Gasteiger partial charge is 0.307 e. The van der Waals surface area contributed by atoms with Crippen molar-refractivity contribution in [2.45, 2.75) is 6.61 Å². The number of rotatable bonds is 8. The maximum absolute atomic E-state index is 11.8. The van der Waals surface area contributed by atoms with Gasteiger partial charge >= 0.3 is 5.91 Å². The first-order chi connectivity index (χ1) is 14.1. The Morgan fingerprint density at radius 3 is 2.66 bits per heavy atom. The second-order valence-electron chi connectivity index (χ2n) is 5.80. The second kappa shape index (κ2) is 9.18. The minimum Gasteiger partial charge on any atom is -0.493 e. The van der Waals surface area contributed by atoms with Crippen LogP contribution in [0.1, 0.15) is 21.7 Å². The molecule has 0 saturated heterocycles. The Balaban J connectivity index is 1.61. The van der Waals surface area contributed by atoms with Crippen molar-refractivity contribution >= 4 is 17.8 Å². The first-order valence-electron chi connectivity index (χ1n) is 8.48. The molecule has 0 saturated carbocycles. The van der Waals surface area contributed by atoms with E-state index in [2.05, 4.69) is 10.5 Å². The molecule has 0 bridgehead atoms. The Morgan fingerprint density at radius 1 is 1.21 bits per heavy atom. The molecule has 9 nitrogen and oxygen atoms in total. The van der Waals surface area contributed by atoms with Gasteiger partial charge in [0.25, 0.3) is 5.69 Å². The van der Waals surface area contributed by atoms with Crippen molar-refractivity contribution < 1.29 is 23.6 Å². The lowest BCUT2D eigenvalue weighted by Crippen LogP contribution is -2.16. The number of carbonyl (C=O) groups is 1. The van der Waals surface area contributed by atoms with E-state index in [1.165, 1.54) is 37.8 Å². The van der Waals surface area contributed by atoms with E-state index in [9.17, 15) is 14.9 Å². The van der Waals surface area contributed by atoms with Crippen LogP contribution < -0.4 is 14.9 Å². The Bertz CT molecular complexity index is 1010. The third-order valence-corrected chi connectivity index (χ3v) is 3.85. The van der Waals surface area contributed by atoms with Crippen molar-refractivity contribution in [2.75, 3.05) is 7.11 Å². The zero-order valence-electron chi connectivity index (χ0n) is 15.4. The third-order valence-electron chi connectivity index (χ3n) is 3.85. The number of amides is 1. The van der Waals surface area contributed by atoms with E-state index >= 15 is 0 Å². The van der Waals surface area contributed by atoms with E-state index in [1.807, 2.05) is 0 Å². The van der Waals surface area contributed by atoms with Crippen LogP contribution in [0.2, 0.25) is 0 Å². The molecular formula is C20H17N3O6. The topological polar surface area (TPSA) is 116 Å². The van der Waals surface area contributed by atoms with Gasteiger partial charge in [0, 0.05) is 12.1 Å². The molecule has 1 heterocycles. The summed E-state index contributed by atoms with van der Waals surface area (Å²) in [6, 6.07) is 14.4. The van der Waals surface area contributed by atoms with Crippen LogP contribution in [0.5, 0.6) is 11.5 Å². The fraction of sp³-hybridized carbons (Fsp3) is 0.100. The Morgan fingerprint density at radius 2 is 2.00 bits per heavy atom. The molecule has 148 valence electrons. The van der Waals surface area contributed by atoms with Crippen LogP contribution in [-0.2, 0) is 6.61 Å². The highest BCUT2D eigenvalue weighted by Gasteiger charge is 2.09. The number of nitrogens with one attached hydrogen (secondary N) is 1. The predicted octanol–water partition coefficient (Wildman–Crippen LogP) is 3.54. The number of hydrazone groups is 1. The number of ether oxygens (including phenoxy) is 2. The van der Waals surface area contributed by atoms with Crippen LogP contribution in [0, 0.1) is 10.1 Å². The maximum Gasteiger partial charge on any atom is 0.307 e. The molecular weight excluding hydrogens is 378 g/mol. The minimum absolute atomic E-state index is 0.0223.